The Morgan fingerprint density at radius 1 is 0.333 bits per heavy atom. The van der Waals surface area contributed by atoms with E-state index in [0.717, 1.165) is 0 Å². The Morgan fingerprint density at radius 3 is 0.333 bits per heavy atom. The summed E-state index contributed by atoms with van der Waals surface area (Å²) >= 11 is 0. The van der Waals surface area contributed by atoms with Gasteiger partial charge in [-0.2, -0.15) is 0 Å². The van der Waals surface area contributed by atoms with Crippen LogP contribution in [0, 0.1) is 0 Å². The molecule has 0 aliphatic rings. The summed E-state index contributed by atoms with van der Waals surface area (Å²) in [6.07, 6.45) is 0. The monoisotopic (exact) mass is 208 g/mol. The average molecular weight is 208 g/mol. The molecule has 9 heavy (non-hydrogen) atoms. The Kier molecular flexibility index (Phi) is 4270. The molecule has 0 aromatic carbocycles. The molecule has 0 nitrogen and oxygen atoms in total. The zero-order valence-corrected chi connectivity index (χ0v) is 10.3. The second-order valence-electron chi connectivity index (χ2n) is 0. The van der Waals surface area contributed by atoms with Gasteiger partial charge in [0, 0.05) is 0 Å². The van der Waals surface area contributed by atoms with E-state index in [1.807, 2.05) is 0 Å². The topological polar surface area (TPSA) is 0 Å². The molecule has 0 bridgehead atoms. The Labute approximate surface area is 108 Å². The molecule has 9 heteroatoms. The predicted octanol–water partition coefficient (Wildman–Crippen LogP) is -24.0. The Morgan fingerprint density at radius 2 is 0.333 bits per heavy atom. The van der Waals surface area contributed by atoms with Crippen molar-refractivity contribution in [1.29, 1.82) is 0 Å². The summed E-state index contributed by atoms with van der Waals surface area (Å²) in [6, 6.07) is 0. The van der Waals surface area contributed by atoms with Gasteiger partial charge < -0.3 is 28.2 Å². The van der Waals surface area contributed by atoms with Crippen LogP contribution in [0.15, 0.2) is 0 Å². The van der Waals surface area contributed by atoms with E-state index >= 15 is 0 Å². The van der Waals surface area contributed by atoms with Crippen LogP contribution < -0.4 is 87.3 Å². The molecule has 0 rings (SSSR count). The third-order valence-corrected chi connectivity index (χ3v) is 0. The van der Waals surface area contributed by atoms with Gasteiger partial charge in [0.1, 0.15) is 0 Å². The first-order valence-electron chi connectivity index (χ1n) is 0. The van der Waals surface area contributed by atoms with Gasteiger partial charge in [0.2, 0.25) is 0 Å². The van der Waals surface area contributed by atoms with Gasteiger partial charge in [-0.15, -0.1) is 0 Å². The van der Waals surface area contributed by atoms with Crippen molar-refractivity contribution in [3.05, 3.63) is 0 Å². The molecule has 0 heterocycles. The molecular formula is F6Na2Ti. The zero-order valence-electron chi connectivity index (χ0n) is 4.77. The van der Waals surface area contributed by atoms with Crippen molar-refractivity contribution >= 4 is 0 Å². The van der Waals surface area contributed by atoms with Crippen molar-refractivity contribution in [1.82, 2.24) is 0 Å². The van der Waals surface area contributed by atoms with Crippen molar-refractivity contribution in [3.63, 3.8) is 0 Å². The standard InChI is InChI=1S/6FH.2Na.Ti/h6*1H;;;/q;;;;;;2*+1;+4/p-6. The first-order valence-corrected chi connectivity index (χ1v) is 0. The summed E-state index contributed by atoms with van der Waals surface area (Å²) in [6.45, 7) is 0. The molecule has 48 valence electrons. The van der Waals surface area contributed by atoms with Gasteiger partial charge in [0.05, 0.1) is 0 Å². The minimum atomic E-state index is 0. The quantitative estimate of drug-likeness (QED) is 0.274. The molecular weight excluding hydrogens is 208 g/mol. The summed E-state index contributed by atoms with van der Waals surface area (Å²) in [7, 11) is 0. The van der Waals surface area contributed by atoms with Crippen LogP contribution in [0.25, 0.3) is 0 Å². The van der Waals surface area contributed by atoms with Crippen molar-refractivity contribution in [3.8, 4) is 0 Å². The van der Waals surface area contributed by atoms with E-state index in [2.05, 4.69) is 0 Å². The smallest absolute Gasteiger partial charge is 1.00 e. The fourth-order valence-corrected chi connectivity index (χ4v) is 0. The van der Waals surface area contributed by atoms with E-state index in [-0.39, 0.29) is 109 Å². The van der Waals surface area contributed by atoms with Crippen LogP contribution in [0.1, 0.15) is 0 Å². The normalized spacial score (nSPS) is 0. The third kappa shape index (κ3) is 135. The van der Waals surface area contributed by atoms with Crippen molar-refractivity contribution in [2.45, 2.75) is 0 Å². The van der Waals surface area contributed by atoms with Crippen LogP contribution in [0.3, 0.4) is 0 Å². The van der Waals surface area contributed by atoms with Crippen LogP contribution in [0.4, 0.5) is 0 Å². The Bertz CT molecular complexity index is 11.0. The number of halogens is 6. The summed E-state index contributed by atoms with van der Waals surface area (Å²) in [4.78, 5) is 0. The molecule has 0 saturated carbocycles. The van der Waals surface area contributed by atoms with Crippen LogP contribution >= 0.6 is 0 Å². The molecule has 0 radical (unpaired) electrons. The third-order valence-electron chi connectivity index (χ3n) is 0. The predicted molar refractivity (Wildman–Crippen MR) is 0 cm³/mol. The van der Waals surface area contributed by atoms with Crippen molar-refractivity contribution < 1.29 is 109 Å². The molecule has 0 aliphatic carbocycles. The summed E-state index contributed by atoms with van der Waals surface area (Å²) < 4.78 is 0. The fourth-order valence-electron chi connectivity index (χ4n) is 0. The van der Waals surface area contributed by atoms with Gasteiger partial charge in [-0.05, 0) is 0 Å². The average Bonchev–Trinajstić information content (AvgIpc) is 0. The SMILES string of the molecule is [F-].[F-].[F-].[F-].[F-].[F-].[Na+].[Na+].[Ti+4]. The van der Waals surface area contributed by atoms with E-state index in [1.54, 1.807) is 0 Å². The maximum atomic E-state index is 0. The van der Waals surface area contributed by atoms with Crippen LogP contribution in [-0.4, -0.2) is 0 Å². The van der Waals surface area contributed by atoms with Gasteiger partial charge >= 0.3 is 80.8 Å². The van der Waals surface area contributed by atoms with Gasteiger partial charge in [0.25, 0.3) is 0 Å². The van der Waals surface area contributed by atoms with E-state index in [9.17, 15) is 0 Å². The molecule has 0 N–H and O–H groups in total. The zero-order chi connectivity index (χ0) is 0. The molecule has 0 atom stereocenters. The van der Waals surface area contributed by atoms with E-state index < -0.39 is 0 Å². The van der Waals surface area contributed by atoms with E-state index in [0.29, 0.717) is 0 Å². The molecule has 0 aromatic rings. The van der Waals surface area contributed by atoms with Gasteiger partial charge in [-0.3, -0.25) is 0 Å². The molecule has 0 unspecified atom stereocenters. The first-order chi connectivity index (χ1) is 0. The molecule has 0 spiro atoms. The largest absolute Gasteiger partial charge is 4.00 e. The number of rotatable bonds is 0. The molecule has 0 amide bonds. The molecule has 0 fully saturated rings. The summed E-state index contributed by atoms with van der Waals surface area (Å²) in [5, 5.41) is 0. The Balaban J connectivity index is 0. The molecule has 0 aromatic heterocycles. The van der Waals surface area contributed by atoms with Gasteiger partial charge in [-0.25, -0.2) is 0 Å². The number of hydrogen-bond acceptors (Lipinski definition) is 0. The minimum absolute atomic E-state index is 0. The van der Waals surface area contributed by atoms with E-state index in [1.165, 1.54) is 0 Å². The second kappa shape index (κ2) is 169. The van der Waals surface area contributed by atoms with Crippen molar-refractivity contribution in [2.24, 2.45) is 0 Å². The maximum Gasteiger partial charge on any atom is 4.00 e. The van der Waals surface area contributed by atoms with E-state index in [4.69, 9.17) is 0 Å². The molecule has 0 saturated heterocycles. The summed E-state index contributed by atoms with van der Waals surface area (Å²) in [5.74, 6) is 0. The maximum absolute atomic E-state index is 0. The van der Waals surface area contributed by atoms with Crippen LogP contribution in [0.5, 0.6) is 0 Å². The second-order valence-corrected chi connectivity index (χ2v) is 0. The van der Waals surface area contributed by atoms with Gasteiger partial charge in [-0.1, -0.05) is 0 Å². The number of hydrogen-bond donors (Lipinski definition) is 0. The minimum Gasteiger partial charge on any atom is -1.00 e. The molecule has 0 aliphatic heterocycles. The first kappa shape index (κ1) is 227. The Hall–Kier alpha value is 2.29. The van der Waals surface area contributed by atoms with Gasteiger partial charge in [0.15, 0.2) is 0 Å². The van der Waals surface area contributed by atoms with Crippen molar-refractivity contribution in [2.75, 3.05) is 0 Å². The van der Waals surface area contributed by atoms with Crippen LogP contribution in [0.2, 0.25) is 0 Å². The van der Waals surface area contributed by atoms with Crippen LogP contribution in [-0.2, 0) is 21.7 Å². The fraction of sp³-hybridized carbons (Fsp3) is 0. The summed E-state index contributed by atoms with van der Waals surface area (Å²) in [5.41, 5.74) is 0.